The highest BCUT2D eigenvalue weighted by Gasteiger charge is 2.45. The normalized spacial score (nSPS) is 21.0. The van der Waals surface area contributed by atoms with Crippen molar-refractivity contribution in [1.29, 1.82) is 0 Å². The number of halogens is 1. The molecule has 1 fully saturated rings. The van der Waals surface area contributed by atoms with Crippen LogP contribution in [0.25, 0.3) is 0 Å². The molecule has 0 spiro atoms. The van der Waals surface area contributed by atoms with E-state index in [4.69, 9.17) is 4.74 Å². The summed E-state index contributed by atoms with van der Waals surface area (Å²) in [5, 5.41) is 2.25. The van der Waals surface area contributed by atoms with Crippen LogP contribution in [0.1, 0.15) is 38.7 Å². The lowest BCUT2D eigenvalue weighted by Gasteiger charge is -2.25. The maximum Gasteiger partial charge on any atom is 0.337 e. The van der Waals surface area contributed by atoms with E-state index in [-0.39, 0.29) is 12.0 Å². The van der Waals surface area contributed by atoms with Gasteiger partial charge in [-0.25, -0.2) is 9.80 Å². The van der Waals surface area contributed by atoms with Gasteiger partial charge >= 0.3 is 5.97 Å². The SMILES string of the molecule is CCCN1NC(Cc2ccc(Br)cc2)=C(C(=O)OCC)C1C1CC1. The quantitative estimate of drug-likeness (QED) is 0.716. The standard InChI is InChI=1S/C19H25BrN2O2/c1-3-11-22-18(14-7-8-14)17(19(23)24-4-2)16(21-22)12-13-5-9-15(20)10-6-13/h5-6,9-10,14,18,21H,3-4,7-8,11-12H2,1-2H3. The van der Waals surface area contributed by atoms with Crippen LogP contribution in [0.3, 0.4) is 0 Å². The predicted octanol–water partition coefficient (Wildman–Crippen LogP) is 3.82. The van der Waals surface area contributed by atoms with Crippen LogP contribution in [0, 0.1) is 5.92 Å². The third kappa shape index (κ3) is 3.83. The highest BCUT2D eigenvalue weighted by Crippen LogP contribution is 2.42. The van der Waals surface area contributed by atoms with Crippen molar-refractivity contribution in [3.8, 4) is 0 Å². The first-order chi connectivity index (χ1) is 11.6. The van der Waals surface area contributed by atoms with Crippen molar-refractivity contribution in [2.75, 3.05) is 13.2 Å². The fraction of sp³-hybridized carbons (Fsp3) is 0.526. The van der Waals surface area contributed by atoms with Crippen LogP contribution in [-0.4, -0.2) is 30.2 Å². The third-order valence-corrected chi connectivity index (χ3v) is 5.09. The van der Waals surface area contributed by atoms with Crippen molar-refractivity contribution < 1.29 is 9.53 Å². The smallest absolute Gasteiger partial charge is 0.337 e. The molecule has 5 heteroatoms. The number of ether oxygens (including phenoxy) is 1. The van der Waals surface area contributed by atoms with E-state index in [0.29, 0.717) is 12.5 Å². The predicted molar refractivity (Wildman–Crippen MR) is 98.1 cm³/mol. The van der Waals surface area contributed by atoms with Crippen molar-refractivity contribution in [3.63, 3.8) is 0 Å². The van der Waals surface area contributed by atoms with Crippen LogP contribution in [0.15, 0.2) is 40.0 Å². The number of nitrogens with zero attached hydrogens (tertiary/aromatic N) is 1. The van der Waals surface area contributed by atoms with Crippen LogP contribution in [0.4, 0.5) is 0 Å². The number of hydrazine groups is 1. The molecule has 0 bridgehead atoms. The number of carbonyl (C=O) groups excluding carboxylic acids is 1. The maximum absolute atomic E-state index is 12.6. The van der Waals surface area contributed by atoms with E-state index in [0.717, 1.165) is 35.1 Å². The van der Waals surface area contributed by atoms with Crippen molar-refractivity contribution in [3.05, 3.63) is 45.6 Å². The Morgan fingerprint density at radius 2 is 2.00 bits per heavy atom. The van der Waals surface area contributed by atoms with E-state index >= 15 is 0 Å². The summed E-state index contributed by atoms with van der Waals surface area (Å²) in [6.07, 6.45) is 4.17. The summed E-state index contributed by atoms with van der Waals surface area (Å²) < 4.78 is 6.44. The largest absolute Gasteiger partial charge is 0.463 e. The molecule has 0 amide bonds. The summed E-state index contributed by atoms with van der Waals surface area (Å²) in [7, 11) is 0. The zero-order valence-electron chi connectivity index (χ0n) is 14.3. The zero-order chi connectivity index (χ0) is 17.1. The molecule has 24 heavy (non-hydrogen) atoms. The van der Waals surface area contributed by atoms with Crippen LogP contribution in [0.2, 0.25) is 0 Å². The highest BCUT2D eigenvalue weighted by atomic mass is 79.9. The van der Waals surface area contributed by atoms with E-state index < -0.39 is 0 Å². The van der Waals surface area contributed by atoms with Gasteiger partial charge in [0.25, 0.3) is 0 Å². The van der Waals surface area contributed by atoms with Crippen molar-refractivity contribution in [2.24, 2.45) is 5.92 Å². The molecule has 130 valence electrons. The molecular weight excluding hydrogens is 368 g/mol. The lowest BCUT2D eigenvalue weighted by atomic mass is 9.98. The summed E-state index contributed by atoms with van der Waals surface area (Å²) >= 11 is 3.47. The Kier molecular flexibility index (Phi) is 5.61. The van der Waals surface area contributed by atoms with E-state index in [9.17, 15) is 4.79 Å². The average Bonchev–Trinajstić information content (AvgIpc) is 3.33. The molecule has 1 N–H and O–H groups in total. The fourth-order valence-electron chi connectivity index (χ4n) is 3.37. The van der Waals surface area contributed by atoms with Gasteiger partial charge in [-0.2, -0.15) is 0 Å². The number of esters is 1. The van der Waals surface area contributed by atoms with Gasteiger partial charge in [-0.15, -0.1) is 0 Å². The zero-order valence-corrected chi connectivity index (χ0v) is 15.9. The van der Waals surface area contributed by atoms with Crippen LogP contribution < -0.4 is 5.43 Å². The van der Waals surface area contributed by atoms with Gasteiger partial charge in [-0.05, 0) is 49.8 Å². The Morgan fingerprint density at radius 1 is 1.29 bits per heavy atom. The summed E-state index contributed by atoms with van der Waals surface area (Å²) in [5.74, 6) is 0.415. The minimum Gasteiger partial charge on any atom is -0.463 e. The van der Waals surface area contributed by atoms with Crippen LogP contribution in [0.5, 0.6) is 0 Å². The van der Waals surface area contributed by atoms with Crippen molar-refractivity contribution in [2.45, 2.75) is 45.6 Å². The number of nitrogens with one attached hydrogen (secondary N) is 1. The molecular formula is C19H25BrN2O2. The monoisotopic (exact) mass is 392 g/mol. The fourth-order valence-corrected chi connectivity index (χ4v) is 3.63. The summed E-state index contributed by atoms with van der Waals surface area (Å²) in [6, 6.07) is 8.43. The van der Waals surface area contributed by atoms with Crippen molar-refractivity contribution in [1.82, 2.24) is 10.4 Å². The lowest BCUT2D eigenvalue weighted by Crippen LogP contribution is -2.42. The number of carbonyl (C=O) groups is 1. The molecule has 4 nitrogen and oxygen atoms in total. The molecule has 1 aliphatic carbocycles. The van der Waals surface area contributed by atoms with Gasteiger partial charge in [-0.3, -0.25) is 0 Å². The lowest BCUT2D eigenvalue weighted by molar-refractivity contribution is -0.139. The molecule has 0 aromatic heterocycles. The molecule has 0 saturated heterocycles. The Morgan fingerprint density at radius 3 is 2.58 bits per heavy atom. The first-order valence-corrected chi connectivity index (χ1v) is 9.61. The van der Waals surface area contributed by atoms with Crippen LogP contribution in [-0.2, 0) is 16.0 Å². The topological polar surface area (TPSA) is 41.6 Å². The summed E-state index contributed by atoms with van der Waals surface area (Å²) in [6.45, 7) is 5.39. The van der Waals surface area contributed by atoms with Crippen LogP contribution >= 0.6 is 15.9 Å². The molecule has 2 aliphatic rings. The molecule has 1 unspecified atom stereocenters. The van der Waals surface area contributed by atoms with Gasteiger partial charge in [-0.1, -0.05) is 35.0 Å². The van der Waals surface area contributed by atoms with Gasteiger partial charge in [0.2, 0.25) is 0 Å². The van der Waals surface area contributed by atoms with Crippen molar-refractivity contribution >= 4 is 21.9 Å². The maximum atomic E-state index is 12.6. The first-order valence-electron chi connectivity index (χ1n) is 8.82. The second kappa shape index (κ2) is 7.70. The Labute approximate surface area is 152 Å². The van der Waals surface area contributed by atoms with Gasteiger partial charge in [0, 0.05) is 23.1 Å². The summed E-state index contributed by atoms with van der Waals surface area (Å²) in [5.41, 5.74) is 6.55. The Bertz CT molecular complexity index is 623. The van der Waals surface area contributed by atoms with E-state index in [1.807, 2.05) is 19.1 Å². The third-order valence-electron chi connectivity index (χ3n) is 4.56. The van der Waals surface area contributed by atoms with Gasteiger partial charge < -0.3 is 10.2 Å². The minimum absolute atomic E-state index is 0.160. The molecule has 1 saturated carbocycles. The van der Waals surface area contributed by atoms with Gasteiger partial charge in [0.1, 0.15) is 0 Å². The molecule has 0 radical (unpaired) electrons. The number of benzene rings is 1. The second-order valence-electron chi connectivity index (χ2n) is 6.50. The average molecular weight is 393 g/mol. The number of rotatable bonds is 7. The highest BCUT2D eigenvalue weighted by molar-refractivity contribution is 9.10. The Balaban J connectivity index is 1.89. The van der Waals surface area contributed by atoms with E-state index in [1.54, 1.807) is 0 Å². The van der Waals surface area contributed by atoms with Gasteiger partial charge in [0.15, 0.2) is 0 Å². The Hall–Kier alpha value is -1.33. The molecule has 1 aliphatic heterocycles. The summed E-state index contributed by atoms with van der Waals surface area (Å²) in [4.78, 5) is 12.6. The molecule has 3 rings (SSSR count). The number of allylic oxidation sites excluding steroid dienone is 1. The minimum atomic E-state index is -0.160. The molecule has 1 aromatic rings. The first kappa shape index (κ1) is 17.5. The molecule has 1 aromatic carbocycles. The van der Waals surface area contributed by atoms with E-state index in [1.165, 1.54) is 18.4 Å². The van der Waals surface area contributed by atoms with E-state index in [2.05, 4.69) is 45.4 Å². The number of hydrogen-bond acceptors (Lipinski definition) is 4. The second-order valence-corrected chi connectivity index (χ2v) is 7.42. The molecule has 1 atom stereocenters. The molecule has 1 heterocycles. The van der Waals surface area contributed by atoms with Gasteiger partial charge in [0.05, 0.1) is 18.2 Å². The number of hydrogen-bond donors (Lipinski definition) is 1.